The summed E-state index contributed by atoms with van der Waals surface area (Å²) < 4.78 is 22.8. The summed E-state index contributed by atoms with van der Waals surface area (Å²) in [6, 6.07) is 21.7. The number of allylic oxidation sites excluding steroid dienone is 1. The molecular weight excluding hydrogens is 466 g/mol. The summed E-state index contributed by atoms with van der Waals surface area (Å²) in [5.41, 5.74) is 2.67. The van der Waals surface area contributed by atoms with Gasteiger partial charge in [0.2, 0.25) is 5.78 Å². The van der Waals surface area contributed by atoms with Gasteiger partial charge in [0.15, 0.2) is 17.3 Å². The molecule has 2 heterocycles. The third-order valence-corrected chi connectivity index (χ3v) is 7.11. The quantitative estimate of drug-likeness (QED) is 0.355. The van der Waals surface area contributed by atoms with Crippen molar-refractivity contribution in [3.05, 3.63) is 89.2 Å². The van der Waals surface area contributed by atoms with Crippen LogP contribution in [-0.2, 0) is 6.42 Å². The Morgan fingerprint density at radius 1 is 0.973 bits per heavy atom. The predicted octanol–water partition coefficient (Wildman–Crippen LogP) is 5.65. The van der Waals surface area contributed by atoms with Crippen LogP contribution in [0.2, 0.25) is 0 Å². The van der Waals surface area contributed by atoms with Crippen LogP contribution < -0.4 is 18.9 Å². The maximum Gasteiger partial charge on any atom is 0.231 e. The van der Waals surface area contributed by atoms with E-state index >= 15 is 0 Å². The fourth-order valence-corrected chi connectivity index (χ4v) is 5.08. The van der Waals surface area contributed by atoms with Crippen molar-refractivity contribution in [2.45, 2.75) is 19.3 Å². The van der Waals surface area contributed by atoms with Gasteiger partial charge in [0.25, 0.3) is 0 Å². The Labute approximate surface area is 218 Å². The van der Waals surface area contributed by atoms with Crippen LogP contribution >= 0.6 is 0 Å². The van der Waals surface area contributed by atoms with Crippen LogP contribution in [-0.4, -0.2) is 51.1 Å². The van der Waals surface area contributed by atoms with E-state index < -0.39 is 0 Å². The number of carbonyl (C=O) groups excluding carboxylic acids is 1. The molecule has 0 atom stereocenters. The lowest BCUT2D eigenvalue weighted by atomic mass is 9.90. The normalized spacial score (nSPS) is 16.9. The third-order valence-electron chi connectivity index (χ3n) is 7.11. The number of rotatable bonds is 9. The van der Waals surface area contributed by atoms with Gasteiger partial charge >= 0.3 is 0 Å². The number of ether oxygens (including phenoxy) is 4. The van der Waals surface area contributed by atoms with Gasteiger partial charge in [-0.3, -0.25) is 9.69 Å². The molecule has 0 spiro atoms. The van der Waals surface area contributed by atoms with E-state index in [2.05, 4.69) is 35.2 Å². The Hall–Kier alpha value is -3.77. The summed E-state index contributed by atoms with van der Waals surface area (Å²) in [6.07, 6.45) is 5.29. The first-order valence-electron chi connectivity index (χ1n) is 12.8. The molecule has 0 unspecified atom stereocenters. The molecule has 0 aromatic heterocycles. The average molecular weight is 500 g/mol. The minimum absolute atomic E-state index is 0.162. The standard InChI is InChI=1S/C31H33NO5/c1-34-27-10-6-9-24(31(27)35-2)20-29-30(33)26-12-11-25(21-28(26)37-29)36-18-17-32-15-13-23(14-16-32)19-22-7-4-3-5-8-22/h3-12,20-21,23H,13-19H2,1-2H3/b29-20-. The van der Waals surface area contributed by atoms with E-state index in [-0.39, 0.29) is 11.5 Å². The zero-order valence-corrected chi connectivity index (χ0v) is 21.4. The molecule has 0 N–H and O–H groups in total. The second-order valence-electron chi connectivity index (χ2n) is 9.50. The highest BCUT2D eigenvalue weighted by molar-refractivity contribution is 6.14. The number of Topliss-reactive ketones (excluding diaryl/α,β-unsaturated/α-hetero) is 1. The molecular formula is C31H33NO5. The zero-order chi connectivity index (χ0) is 25.6. The number of carbonyl (C=O) groups is 1. The number of methoxy groups -OCH3 is 2. The van der Waals surface area contributed by atoms with E-state index in [0.717, 1.165) is 25.6 Å². The number of ketones is 1. The molecule has 0 saturated carbocycles. The van der Waals surface area contributed by atoms with Crippen LogP contribution in [0.15, 0.2) is 72.5 Å². The summed E-state index contributed by atoms with van der Waals surface area (Å²) in [5, 5.41) is 0. The lowest BCUT2D eigenvalue weighted by Gasteiger charge is -2.31. The van der Waals surface area contributed by atoms with Crippen LogP contribution in [0, 0.1) is 5.92 Å². The van der Waals surface area contributed by atoms with Gasteiger partial charge in [-0.1, -0.05) is 42.5 Å². The Kier molecular flexibility index (Phi) is 7.76. The molecule has 2 aliphatic rings. The van der Waals surface area contributed by atoms with Gasteiger partial charge in [-0.25, -0.2) is 0 Å². The van der Waals surface area contributed by atoms with Crippen LogP contribution in [0.3, 0.4) is 0 Å². The summed E-state index contributed by atoms with van der Waals surface area (Å²) in [7, 11) is 3.15. The van der Waals surface area contributed by atoms with Gasteiger partial charge in [-0.2, -0.15) is 0 Å². The van der Waals surface area contributed by atoms with E-state index in [1.807, 2.05) is 24.3 Å². The first-order valence-corrected chi connectivity index (χ1v) is 12.8. The van der Waals surface area contributed by atoms with Gasteiger partial charge in [-0.15, -0.1) is 0 Å². The molecule has 192 valence electrons. The highest BCUT2D eigenvalue weighted by Gasteiger charge is 2.28. The largest absolute Gasteiger partial charge is 0.493 e. The molecule has 0 amide bonds. The van der Waals surface area contributed by atoms with E-state index in [9.17, 15) is 4.79 Å². The highest BCUT2D eigenvalue weighted by atomic mass is 16.5. The Bertz CT molecular complexity index is 1260. The minimum atomic E-state index is -0.162. The number of hydrogen-bond acceptors (Lipinski definition) is 6. The number of fused-ring (bicyclic) bond motifs is 1. The number of likely N-dealkylation sites (tertiary alicyclic amines) is 1. The molecule has 2 aliphatic heterocycles. The second-order valence-corrected chi connectivity index (χ2v) is 9.50. The molecule has 37 heavy (non-hydrogen) atoms. The Morgan fingerprint density at radius 2 is 1.78 bits per heavy atom. The molecule has 0 aliphatic carbocycles. The molecule has 0 radical (unpaired) electrons. The van der Waals surface area contributed by atoms with Crippen molar-refractivity contribution in [1.82, 2.24) is 4.90 Å². The molecule has 3 aromatic rings. The molecule has 6 heteroatoms. The molecule has 1 fully saturated rings. The second kappa shape index (κ2) is 11.5. The lowest BCUT2D eigenvalue weighted by molar-refractivity contribution is 0.101. The number of para-hydroxylation sites is 1. The summed E-state index contributed by atoms with van der Waals surface area (Å²) in [4.78, 5) is 15.4. The smallest absolute Gasteiger partial charge is 0.231 e. The molecule has 0 bridgehead atoms. The van der Waals surface area contributed by atoms with E-state index in [1.54, 1.807) is 32.4 Å². The van der Waals surface area contributed by atoms with Crippen LogP contribution in [0.25, 0.3) is 6.08 Å². The van der Waals surface area contributed by atoms with E-state index in [1.165, 1.54) is 24.8 Å². The van der Waals surface area contributed by atoms with Crippen molar-refractivity contribution in [2.75, 3.05) is 40.5 Å². The fourth-order valence-electron chi connectivity index (χ4n) is 5.08. The maximum absolute atomic E-state index is 12.9. The number of nitrogens with zero attached hydrogens (tertiary/aromatic N) is 1. The summed E-state index contributed by atoms with van der Waals surface area (Å²) in [5.74, 6) is 3.20. The first kappa shape index (κ1) is 24.9. The summed E-state index contributed by atoms with van der Waals surface area (Å²) >= 11 is 0. The van der Waals surface area contributed by atoms with Gasteiger partial charge in [0.1, 0.15) is 18.1 Å². The van der Waals surface area contributed by atoms with Crippen LogP contribution in [0.1, 0.15) is 34.3 Å². The van der Waals surface area contributed by atoms with Gasteiger partial charge in [0.05, 0.1) is 19.8 Å². The SMILES string of the molecule is COc1cccc(/C=C2\Oc3cc(OCCN4CCC(Cc5ccccc5)CC4)ccc3C2=O)c1OC. The van der Waals surface area contributed by atoms with E-state index in [0.29, 0.717) is 40.7 Å². The van der Waals surface area contributed by atoms with E-state index in [4.69, 9.17) is 18.9 Å². The lowest BCUT2D eigenvalue weighted by Crippen LogP contribution is -2.37. The fraction of sp³-hybridized carbons (Fsp3) is 0.323. The van der Waals surface area contributed by atoms with Gasteiger partial charge in [0, 0.05) is 18.2 Å². The number of piperidine rings is 1. The highest BCUT2D eigenvalue weighted by Crippen LogP contribution is 2.37. The molecule has 5 rings (SSSR count). The molecule has 3 aromatic carbocycles. The molecule has 6 nitrogen and oxygen atoms in total. The Morgan fingerprint density at radius 3 is 2.54 bits per heavy atom. The maximum atomic E-state index is 12.9. The monoisotopic (exact) mass is 499 g/mol. The van der Waals surface area contributed by atoms with Crippen LogP contribution in [0.4, 0.5) is 0 Å². The number of benzene rings is 3. The van der Waals surface area contributed by atoms with Crippen molar-refractivity contribution < 1.29 is 23.7 Å². The Balaban J connectivity index is 1.14. The molecule has 1 saturated heterocycles. The van der Waals surface area contributed by atoms with Gasteiger partial charge in [-0.05, 0) is 68.1 Å². The first-order chi connectivity index (χ1) is 18.1. The predicted molar refractivity (Wildman–Crippen MR) is 144 cm³/mol. The number of hydrogen-bond donors (Lipinski definition) is 0. The van der Waals surface area contributed by atoms with Crippen molar-refractivity contribution in [1.29, 1.82) is 0 Å². The van der Waals surface area contributed by atoms with Crippen molar-refractivity contribution in [3.63, 3.8) is 0 Å². The minimum Gasteiger partial charge on any atom is -0.493 e. The summed E-state index contributed by atoms with van der Waals surface area (Å²) in [6.45, 7) is 3.69. The van der Waals surface area contributed by atoms with Crippen LogP contribution in [0.5, 0.6) is 23.0 Å². The average Bonchev–Trinajstić information content (AvgIpc) is 3.24. The van der Waals surface area contributed by atoms with Gasteiger partial charge < -0.3 is 18.9 Å². The van der Waals surface area contributed by atoms with Crippen molar-refractivity contribution in [3.8, 4) is 23.0 Å². The zero-order valence-electron chi connectivity index (χ0n) is 21.4. The van der Waals surface area contributed by atoms with Crippen molar-refractivity contribution >= 4 is 11.9 Å². The third kappa shape index (κ3) is 5.81. The topological polar surface area (TPSA) is 57.2 Å². The van der Waals surface area contributed by atoms with Crippen molar-refractivity contribution in [2.24, 2.45) is 5.92 Å².